The summed E-state index contributed by atoms with van der Waals surface area (Å²) in [6.45, 7) is 3.18. The molecule has 2 N–H and O–H groups in total. The van der Waals surface area contributed by atoms with E-state index in [2.05, 4.69) is 0 Å². The minimum Gasteiger partial charge on any atom is -0.496 e. The summed E-state index contributed by atoms with van der Waals surface area (Å²) in [6, 6.07) is 11.5. The molecule has 0 fully saturated rings. The Bertz CT molecular complexity index is 710. The van der Waals surface area contributed by atoms with Crippen LogP contribution in [0.3, 0.4) is 0 Å². The lowest BCUT2D eigenvalue weighted by Crippen LogP contribution is -2.25. The van der Waals surface area contributed by atoms with Gasteiger partial charge in [-0.05, 0) is 42.3 Å². The summed E-state index contributed by atoms with van der Waals surface area (Å²) >= 11 is 0. The number of rotatable bonds is 2. The third-order valence-corrected chi connectivity index (χ3v) is 3.83. The Morgan fingerprint density at radius 1 is 1.14 bits per heavy atom. The molecule has 0 aromatic heterocycles. The van der Waals surface area contributed by atoms with Crippen LogP contribution in [0, 0.1) is 6.92 Å². The molecule has 2 aromatic rings. The molecule has 0 saturated heterocycles. The third-order valence-electron chi connectivity index (χ3n) is 3.83. The van der Waals surface area contributed by atoms with Gasteiger partial charge >= 0.3 is 0 Å². The summed E-state index contributed by atoms with van der Waals surface area (Å²) in [4.78, 5) is 14.6. The normalized spacial score (nSPS) is 13.1. The van der Waals surface area contributed by atoms with Crippen molar-refractivity contribution in [3.63, 3.8) is 0 Å². The molecule has 0 unspecified atom stereocenters. The van der Waals surface area contributed by atoms with E-state index in [1.165, 1.54) is 0 Å². The third kappa shape index (κ3) is 2.44. The highest BCUT2D eigenvalue weighted by atomic mass is 16.5. The molecule has 108 valence electrons. The Morgan fingerprint density at radius 2 is 1.90 bits per heavy atom. The van der Waals surface area contributed by atoms with Crippen LogP contribution in [0.5, 0.6) is 5.75 Å². The minimum atomic E-state index is -0.00896. The van der Waals surface area contributed by atoms with Crippen molar-refractivity contribution in [2.75, 3.05) is 12.8 Å². The van der Waals surface area contributed by atoms with Gasteiger partial charge in [-0.15, -0.1) is 0 Å². The van der Waals surface area contributed by atoms with Crippen molar-refractivity contribution in [3.8, 4) is 5.75 Å². The second-order valence-electron chi connectivity index (χ2n) is 5.39. The smallest absolute Gasteiger partial charge is 0.258 e. The van der Waals surface area contributed by atoms with E-state index in [9.17, 15) is 4.79 Å². The summed E-state index contributed by atoms with van der Waals surface area (Å²) in [5.41, 5.74) is 10.5. The van der Waals surface area contributed by atoms with Gasteiger partial charge in [0.25, 0.3) is 5.91 Å². The van der Waals surface area contributed by atoms with E-state index in [0.717, 1.165) is 22.4 Å². The summed E-state index contributed by atoms with van der Waals surface area (Å²) in [6.07, 6.45) is 0. The molecule has 3 rings (SSSR count). The Balaban J connectivity index is 1.90. The van der Waals surface area contributed by atoms with Crippen molar-refractivity contribution in [2.45, 2.75) is 20.0 Å². The number of fused-ring (bicyclic) bond motifs is 1. The Hall–Kier alpha value is -2.49. The number of benzene rings is 2. The number of amides is 1. The zero-order valence-corrected chi connectivity index (χ0v) is 12.2. The highest BCUT2D eigenvalue weighted by Gasteiger charge is 2.26. The van der Waals surface area contributed by atoms with E-state index in [1.807, 2.05) is 48.2 Å². The van der Waals surface area contributed by atoms with E-state index >= 15 is 0 Å². The topological polar surface area (TPSA) is 55.6 Å². The van der Waals surface area contributed by atoms with Gasteiger partial charge < -0.3 is 15.4 Å². The van der Waals surface area contributed by atoms with E-state index in [4.69, 9.17) is 10.5 Å². The van der Waals surface area contributed by atoms with Crippen LogP contribution in [0.2, 0.25) is 0 Å². The number of hydrogen-bond acceptors (Lipinski definition) is 3. The van der Waals surface area contributed by atoms with Crippen LogP contribution >= 0.6 is 0 Å². The van der Waals surface area contributed by atoms with Crippen molar-refractivity contribution in [2.24, 2.45) is 0 Å². The number of nitrogens with zero attached hydrogens (tertiary/aromatic N) is 1. The van der Waals surface area contributed by atoms with Crippen LogP contribution in [-0.4, -0.2) is 17.9 Å². The van der Waals surface area contributed by atoms with E-state index in [1.54, 1.807) is 7.11 Å². The molecular weight excluding hydrogens is 264 g/mol. The molecule has 4 nitrogen and oxygen atoms in total. The molecule has 2 aromatic carbocycles. The van der Waals surface area contributed by atoms with Gasteiger partial charge in [-0.1, -0.05) is 17.7 Å². The van der Waals surface area contributed by atoms with Crippen molar-refractivity contribution < 1.29 is 9.53 Å². The first-order chi connectivity index (χ1) is 10.1. The maximum absolute atomic E-state index is 12.7. The van der Waals surface area contributed by atoms with Crippen molar-refractivity contribution in [1.82, 2.24) is 4.90 Å². The lowest BCUT2D eigenvalue weighted by molar-refractivity contribution is 0.0748. The van der Waals surface area contributed by atoms with Crippen LogP contribution in [0.4, 0.5) is 5.69 Å². The fourth-order valence-electron chi connectivity index (χ4n) is 2.72. The van der Waals surface area contributed by atoms with Gasteiger partial charge in [-0.2, -0.15) is 0 Å². The highest BCUT2D eigenvalue weighted by molar-refractivity contribution is 5.97. The van der Waals surface area contributed by atoms with Crippen molar-refractivity contribution in [3.05, 3.63) is 58.7 Å². The van der Waals surface area contributed by atoms with Crippen LogP contribution in [0.15, 0.2) is 36.4 Å². The number of carbonyl (C=O) groups excluding carboxylic acids is 1. The first-order valence-electron chi connectivity index (χ1n) is 6.89. The average molecular weight is 282 g/mol. The molecule has 1 aliphatic heterocycles. The van der Waals surface area contributed by atoms with Crippen LogP contribution < -0.4 is 10.5 Å². The zero-order chi connectivity index (χ0) is 15.0. The van der Waals surface area contributed by atoms with Gasteiger partial charge in [0.2, 0.25) is 0 Å². The van der Waals surface area contributed by atoms with Gasteiger partial charge in [0.15, 0.2) is 0 Å². The second kappa shape index (κ2) is 5.13. The molecule has 0 spiro atoms. The second-order valence-corrected chi connectivity index (χ2v) is 5.39. The number of anilines is 1. The van der Waals surface area contributed by atoms with Gasteiger partial charge in [-0.3, -0.25) is 4.79 Å². The summed E-state index contributed by atoms with van der Waals surface area (Å²) in [5, 5.41) is 0. The fourth-order valence-corrected chi connectivity index (χ4v) is 2.72. The molecule has 1 heterocycles. The molecule has 4 heteroatoms. The maximum Gasteiger partial charge on any atom is 0.258 e. The van der Waals surface area contributed by atoms with E-state index in [0.29, 0.717) is 24.4 Å². The molecule has 0 bridgehead atoms. The average Bonchev–Trinajstić information content (AvgIpc) is 2.89. The van der Waals surface area contributed by atoms with Gasteiger partial charge in [0.05, 0.1) is 12.7 Å². The van der Waals surface area contributed by atoms with Gasteiger partial charge in [0.1, 0.15) is 5.75 Å². The Morgan fingerprint density at radius 3 is 2.67 bits per heavy atom. The van der Waals surface area contributed by atoms with Crippen LogP contribution in [0.25, 0.3) is 0 Å². The number of hydrogen-bond donors (Lipinski definition) is 1. The molecule has 1 amide bonds. The largest absolute Gasteiger partial charge is 0.496 e. The minimum absolute atomic E-state index is 0.00896. The summed E-state index contributed by atoms with van der Waals surface area (Å²) in [7, 11) is 1.58. The van der Waals surface area contributed by atoms with Gasteiger partial charge in [0, 0.05) is 18.8 Å². The number of nitrogen functional groups attached to an aromatic ring is 1. The predicted octanol–water partition coefficient (Wildman–Crippen LogP) is 2.74. The number of carbonyl (C=O) groups is 1. The lowest BCUT2D eigenvalue weighted by Gasteiger charge is -2.17. The number of aryl methyl sites for hydroxylation is 1. The quantitative estimate of drug-likeness (QED) is 0.862. The summed E-state index contributed by atoms with van der Waals surface area (Å²) < 4.78 is 5.31. The molecule has 0 saturated carbocycles. The van der Waals surface area contributed by atoms with Gasteiger partial charge in [-0.25, -0.2) is 0 Å². The monoisotopic (exact) mass is 282 g/mol. The van der Waals surface area contributed by atoms with E-state index in [-0.39, 0.29) is 5.91 Å². The van der Waals surface area contributed by atoms with E-state index < -0.39 is 0 Å². The van der Waals surface area contributed by atoms with Crippen molar-refractivity contribution in [1.29, 1.82) is 0 Å². The Kier molecular flexibility index (Phi) is 3.29. The lowest BCUT2D eigenvalue weighted by atomic mass is 10.1. The maximum atomic E-state index is 12.7. The van der Waals surface area contributed by atoms with Crippen LogP contribution in [0.1, 0.15) is 27.0 Å². The molecular formula is C17H18N2O2. The SMILES string of the molecule is COc1ccc(C)cc1C(=O)N1Cc2ccc(N)cc2C1. The molecule has 0 aliphatic carbocycles. The number of methoxy groups -OCH3 is 1. The molecule has 21 heavy (non-hydrogen) atoms. The summed E-state index contributed by atoms with van der Waals surface area (Å²) in [5.74, 6) is 0.603. The predicted molar refractivity (Wildman–Crippen MR) is 82.2 cm³/mol. The first-order valence-corrected chi connectivity index (χ1v) is 6.89. The molecule has 1 aliphatic rings. The highest BCUT2D eigenvalue weighted by Crippen LogP contribution is 2.28. The van der Waals surface area contributed by atoms with Crippen molar-refractivity contribution >= 4 is 11.6 Å². The molecule has 0 atom stereocenters. The standard InChI is InChI=1S/C17H18N2O2/c1-11-3-6-16(21-2)15(7-11)17(20)19-9-12-4-5-14(18)8-13(12)10-19/h3-8H,9-10,18H2,1-2H3. The zero-order valence-electron chi connectivity index (χ0n) is 12.2. The Labute approximate surface area is 124 Å². The molecule has 0 radical (unpaired) electrons. The van der Waals surface area contributed by atoms with Crippen LogP contribution in [-0.2, 0) is 13.1 Å². The first kappa shape index (κ1) is 13.5. The number of ether oxygens (including phenoxy) is 1. The fraction of sp³-hybridized carbons (Fsp3) is 0.235. The number of nitrogens with two attached hydrogens (primary N) is 1.